The van der Waals surface area contributed by atoms with Crippen LogP contribution in [0.5, 0.6) is 0 Å². The van der Waals surface area contributed by atoms with Gasteiger partial charge in [0.1, 0.15) is 0 Å². The van der Waals surface area contributed by atoms with Gasteiger partial charge in [0.15, 0.2) is 0 Å². The Morgan fingerprint density at radius 2 is 1.03 bits per heavy atom. The Kier molecular flexibility index (Phi) is 4.67. The van der Waals surface area contributed by atoms with Crippen LogP contribution in [0.4, 0.5) is 0 Å². The normalized spacial score (nSPS) is 12.2. The first-order chi connectivity index (χ1) is 17.8. The second-order valence-corrected chi connectivity index (χ2v) is 8.68. The first-order valence-electron chi connectivity index (χ1n) is 11.7. The van der Waals surface area contributed by atoms with Crippen molar-refractivity contribution in [2.24, 2.45) is 0 Å². The predicted octanol–water partition coefficient (Wildman–Crippen LogP) is 6.78. The van der Waals surface area contributed by atoms with E-state index in [9.17, 15) is 0 Å². The molecular weight excluding hydrogens is 444 g/mol. The summed E-state index contributed by atoms with van der Waals surface area (Å²) in [6.45, 7) is 0. The minimum absolute atomic E-state index is 0.861. The summed E-state index contributed by atoms with van der Waals surface area (Å²) >= 11 is 0. The van der Waals surface area contributed by atoms with Gasteiger partial charge in [-0.1, -0.05) is 0 Å². The molecule has 2 N–H and O–H groups in total. The van der Waals surface area contributed by atoms with Gasteiger partial charge in [-0.3, -0.25) is 9.97 Å². The van der Waals surface area contributed by atoms with Crippen LogP contribution in [0.2, 0.25) is 0 Å². The molecule has 5 aromatic heterocycles. The van der Waals surface area contributed by atoms with Gasteiger partial charge in [0, 0.05) is 58.0 Å². The van der Waals surface area contributed by atoms with Crippen LogP contribution >= 0.6 is 0 Å². The number of hydrogen-bond acceptors (Lipinski definition) is 4. The van der Waals surface area contributed by atoms with Crippen molar-refractivity contribution < 1.29 is 0 Å². The van der Waals surface area contributed by atoms with Crippen LogP contribution < -0.4 is 0 Å². The molecule has 6 heteroatoms. The van der Waals surface area contributed by atoms with Crippen molar-refractivity contribution in [2.75, 3.05) is 0 Å². The minimum atomic E-state index is 0.861. The molecule has 170 valence electrons. The van der Waals surface area contributed by atoms with Crippen molar-refractivity contribution in [1.82, 2.24) is 29.9 Å². The Balaban J connectivity index is 1.64. The molecule has 0 unspecified atom stereocenters. The summed E-state index contributed by atoms with van der Waals surface area (Å²) in [7, 11) is 0. The molecule has 36 heavy (non-hydrogen) atoms. The maximum absolute atomic E-state index is 5.13. The zero-order chi connectivity index (χ0) is 23.9. The lowest BCUT2D eigenvalue weighted by molar-refractivity contribution is 1.26. The molecule has 2 aliphatic heterocycles. The fourth-order valence-electron chi connectivity index (χ4n) is 4.71. The number of H-pyrrole nitrogens is 2. The lowest BCUT2D eigenvalue weighted by Crippen LogP contribution is -1.90. The molecule has 7 rings (SSSR count). The van der Waals surface area contributed by atoms with Gasteiger partial charge in [-0.25, -0.2) is 9.97 Å². The van der Waals surface area contributed by atoms with Gasteiger partial charge in [0.25, 0.3) is 0 Å². The summed E-state index contributed by atoms with van der Waals surface area (Å²) in [4.78, 5) is 25.5. The van der Waals surface area contributed by atoms with E-state index in [1.165, 1.54) is 0 Å². The summed E-state index contributed by atoms with van der Waals surface area (Å²) in [6.07, 6.45) is 15.4. The van der Waals surface area contributed by atoms with E-state index in [0.717, 1.165) is 67.1 Å². The van der Waals surface area contributed by atoms with Gasteiger partial charge in [-0.2, -0.15) is 0 Å². The van der Waals surface area contributed by atoms with Crippen LogP contribution in [0.1, 0.15) is 22.8 Å². The quantitative estimate of drug-likeness (QED) is 0.295. The van der Waals surface area contributed by atoms with Crippen molar-refractivity contribution in [2.45, 2.75) is 0 Å². The van der Waals surface area contributed by atoms with E-state index in [2.05, 4.69) is 68.5 Å². The number of aromatic amines is 2. The van der Waals surface area contributed by atoms with Crippen molar-refractivity contribution in [1.29, 1.82) is 0 Å². The summed E-state index contributed by atoms with van der Waals surface area (Å²) in [5.74, 6) is 0. The Morgan fingerprint density at radius 1 is 0.472 bits per heavy atom. The van der Waals surface area contributed by atoms with Gasteiger partial charge in [-0.05, 0) is 96.1 Å². The van der Waals surface area contributed by atoms with Crippen LogP contribution in [0.3, 0.4) is 0 Å². The van der Waals surface area contributed by atoms with Gasteiger partial charge in [0.2, 0.25) is 0 Å². The highest BCUT2D eigenvalue weighted by Gasteiger charge is 2.16. The molecule has 0 saturated carbocycles. The first kappa shape index (κ1) is 20.3. The number of nitrogens with zero attached hydrogens (tertiary/aromatic N) is 4. The highest BCUT2D eigenvalue weighted by Crippen LogP contribution is 2.34. The van der Waals surface area contributed by atoms with Crippen molar-refractivity contribution in [3.63, 3.8) is 0 Å². The molecule has 0 saturated heterocycles. The fraction of sp³-hybridized carbons (Fsp3) is 0. The zero-order valence-electron chi connectivity index (χ0n) is 19.2. The fourth-order valence-corrected chi connectivity index (χ4v) is 4.71. The van der Waals surface area contributed by atoms with Crippen LogP contribution in [-0.2, 0) is 0 Å². The van der Waals surface area contributed by atoms with Crippen LogP contribution in [0, 0.1) is 0 Å². The molecule has 7 heterocycles. The number of aromatic nitrogens is 6. The predicted molar refractivity (Wildman–Crippen MR) is 145 cm³/mol. The van der Waals surface area contributed by atoms with E-state index in [1.807, 2.05) is 48.8 Å². The average molecular weight is 465 g/mol. The SMILES string of the molecule is C1=Cc2nc1cc1ccc(cc3ccc([nH]3)c(-c3ccncc3)c3nc(c2-c2ccncc2)C=C3)[nH]1. The Morgan fingerprint density at radius 3 is 1.78 bits per heavy atom. The van der Waals surface area contributed by atoms with Gasteiger partial charge in [-0.15, -0.1) is 0 Å². The van der Waals surface area contributed by atoms with Gasteiger partial charge < -0.3 is 9.97 Å². The second kappa shape index (κ2) is 8.29. The summed E-state index contributed by atoms with van der Waals surface area (Å²) in [5, 5.41) is 0. The van der Waals surface area contributed by atoms with Crippen molar-refractivity contribution in [3.05, 3.63) is 108 Å². The molecule has 0 spiro atoms. The molecule has 0 amide bonds. The highest BCUT2D eigenvalue weighted by atomic mass is 14.8. The molecule has 2 aliphatic rings. The third-order valence-electron chi connectivity index (χ3n) is 6.33. The molecule has 8 bridgehead atoms. The van der Waals surface area contributed by atoms with E-state index >= 15 is 0 Å². The molecular formula is C30H20N6. The number of hydrogen-bond donors (Lipinski definition) is 2. The monoisotopic (exact) mass is 464 g/mol. The Labute approximate surface area is 206 Å². The average Bonchev–Trinajstić information content (AvgIpc) is 3.72. The Bertz CT molecular complexity index is 1830. The lowest BCUT2D eigenvalue weighted by atomic mass is 10.0. The van der Waals surface area contributed by atoms with Crippen LogP contribution in [0.25, 0.3) is 68.6 Å². The molecule has 0 fully saturated rings. The lowest BCUT2D eigenvalue weighted by Gasteiger charge is -2.05. The second-order valence-electron chi connectivity index (χ2n) is 8.68. The van der Waals surface area contributed by atoms with Crippen LogP contribution in [0.15, 0.2) is 85.5 Å². The van der Waals surface area contributed by atoms with Gasteiger partial charge in [0.05, 0.1) is 22.8 Å². The summed E-state index contributed by atoms with van der Waals surface area (Å²) in [5.41, 5.74) is 11.5. The number of nitrogens with one attached hydrogen (secondary N) is 2. The Hall–Kier alpha value is -5.10. The van der Waals surface area contributed by atoms with E-state index in [-0.39, 0.29) is 0 Å². The highest BCUT2D eigenvalue weighted by molar-refractivity contribution is 5.94. The van der Waals surface area contributed by atoms with Crippen LogP contribution in [-0.4, -0.2) is 29.9 Å². The van der Waals surface area contributed by atoms with Crippen molar-refractivity contribution in [3.8, 4) is 22.3 Å². The van der Waals surface area contributed by atoms with E-state index in [0.29, 0.717) is 0 Å². The first-order valence-corrected chi connectivity index (χ1v) is 11.7. The van der Waals surface area contributed by atoms with Crippen molar-refractivity contribution >= 4 is 46.4 Å². The van der Waals surface area contributed by atoms with E-state index in [4.69, 9.17) is 9.97 Å². The maximum Gasteiger partial charge on any atom is 0.0738 e. The zero-order valence-corrected chi connectivity index (χ0v) is 19.2. The number of pyridine rings is 2. The molecule has 0 atom stereocenters. The number of fused-ring (bicyclic) bond motifs is 8. The standard InChI is InChI=1S/C30H20N6/c1-2-22-18-24-4-6-26(35-24)30(20-11-15-32-16-12-20)28-8-7-27(36-28)29(19-9-13-31-14-10-19)25-5-3-23(34-25)17-21(1)33-22/h1-18,33-34H. The van der Waals surface area contributed by atoms with E-state index < -0.39 is 0 Å². The molecule has 6 nitrogen and oxygen atoms in total. The smallest absolute Gasteiger partial charge is 0.0738 e. The van der Waals surface area contributed by atoms with Gasteiger partial charge >= 0.3 is 0 Å². The molecule has 0 aliphatic carbocycles. The topological polar surface area (TPSA) is 83.1 Å². The summed E-state index contributed by atoms with van der Waals surface area (Å²) < 4.78 is 0. The minimum Gasteiger partial charge on any atom is -0.355 e. The maximum atomic E-state index is 5.13. The third-order valence-corrected chi connectivity index (χ3v) is 6.33. The summed E-state index contributed by atoms with van der Waals surface area (Å²) in [6, 6.07) is 20.5. The molecule has 0 radical (unpaired) electrons. The van der Waals surface area contributed by atoms with E-state index in [1.54, 1.807) is 12.4 Å². The number of rotatable bonds is 2. The largest absolute Gasteiger partial charge is 0.355 e. The molecule has 0 aromatic carbocycles. The third kappa shape index (κ3) is 3.61. The molecule has 5 aromatic rings.